The van der Waals surface area contributed by atoms with E-state index in [9.17, 15) is 9.90 Å². The number of fused-ring (bicyclic) bond motifs is 1. The van der Waals surface area contributed by atoms with Crippen LogP contribution < -0.4 is 5.56 Å². The van der Waals surface area contributed by atoms with E-state index in [4.69, 9.17) is 17.0 Å². The molecule has 6 nitrogen and oxygen atoms in total. The third kappa shape index (κ3) is 2.88. The average molecular weight is 329 g/mol. The highest BCUT2D eigenvalue weighted by atomic mass is 32.1. The number of ether oxygens (including phenoxy) is 1. The molecule has 1 aliphatic heterocycles. The second kappa shape index (κ2) is 6.31. The lowest BCUT2D eigenvalue weighted by atomic mass is 10.1. The van der Waals surface area contributed by atoms with Crippen LogP contribution in [0.15, 0.2) is 34.1 Å². The molecular weight excluding hydrogens is 314 g/mol. The fraction of sp³-hybridized carbons (Fsp3) is 0.188. The van der Waals surface area contributed by atoms with Crippen LogP contribution in [0.4, 0.5) is 5.69 Å². The molecule has 3 rings (SSSR count). The molecule has 0 spiro atoms. The monoisotopic (exact) mass is 329 g/mol. The Bertz CT molecular complexity index is 925. The van der Waals surface area contributed by atoms with Crippen LogP contribution in [0.1, 0.15) is 11.1 Å². The summed E-state index contributed by atoms with van der Waals surface area (Å²) in [7, 11) is 1.56. The molecule has 118 valence electrons. The highest BCUT2D eigenvalue weighted by Gasteiger charge is 2.15. The summed E-state index contributed by atoms with van der Waals surface area (Å²) in [4.78, 5) is 19.0. The molecule has 1 aromatic carbocycles. The van der Waals surface area contributed by atoms with Crippen LogP contribution in [-0.4, -0.2) is 34.6 Å². The number of nitrogens with zero attached hydrogens (tertiary/aromatic N) is 2. The predicted molar refractivity (Wildman–Crippen MR) is 91.9 cm³/mol. The van der Waals surface area contributed by atoms with Gasteiger partial charge in [0.2, 0.25) is 5.88 Å². The maximum atomic E-state index is 12.2. The number of H-pyrrole nitrogens is 1. The Balaban J connectivity index is 2.11. The van der Waals surface area contributed by atoms with E-state index in [-0.39, 0.29) is 16.2 Å². The van der Waals surface area contributed by atoms with Gasteiger partial charge in [0.15, 0.2) is 4.77 Å². The molecule has 0 atom stereocenters. The molecule has 1 aromatic heterocycles. The number of hydrogen-bond donors (Lipinski definition) is 2. The highest BCUT2D eigenvalue weighted by molar-refractivity contribution is 7.71. The summed E-state index contributed by atoms with van der Waals surface area (Å²) in [6, 6.07) is 7.60. The molecular formula is C16H15N3O3S. The number of para-hydroxylation sites is 1. The Kier molecular flexibility index (Phi) is 4.22. The van der Waals surface area contributed by atoms with E-state index in [0.717, 1.165) is 16.8 Å². The quantitative estimate of drug-likeness (QED) is 0.845. The van der Waals surface area contributed by atoms with Crippen molar-refractivity contribution in [2.24, 2.45) is 4.99 Å². The van der Waals surface area contributed by atoms with E-state index < -0.39 is 5.56 Å². The molecule has 2 heterocycles. The van der Waals surface area contributed by atoms with Crippen molar-refractivity contribution < 1.29 is 9.84 Å². The van der Waals surface area contributed by atoms with Crippen LogP contribution in [0.2, 0.25) is 0 Å². The third-order valence-corrected chi connectivity index (χ3v) is 3.91. The SMILES string of the molecule is COCCn1c(O)c(/C=C2\C=Nc3ccccc32)c(=O)[nH]c1=S. The molecule has 0 fully saturated rings. The second-order valence-corrected chi connectivity index (χ2v) is 5.40. The lowest BCUT2D eigenvalue weighted by molar-refractivity contribution is 0.182. The fourth-order valence-electron chi connectivity index (χ4n) is 2.40. The molecule has 0 radical (unpaired) electrons. The normalized spacial score (nSPS) is 14.4. The van der Waals surface area contributed by atoms with E-state index in [2.05, 4.69) is 9.98 Å². The Labute approximate surface area is 137 Å². The van der Waals surface area contributed by atoms with E-state index in [1.807, 2.05) is 24.3 Å². The van der Waals surface area contributed by atoms with Crippen molar-refractivity contribution in [2.75, 3.05) is 13.7 Å². The van der Waals surface area contributed by atoms with Gasteiger partial charge in [0, 0.05) is 24.5 Å². The molecule has 2 aromatic rings. The number of aromatic hydroxyl groups is 1. The first kappa shape index (κ1) is 15.4. The van der Waals surface area contributed by atoms with Crippen molar-refractivity contribution in [1.82, 2.24) is 9.55 Å². The molecule has 1 aliphatic rings. The van der Waals surface area contributed by atoms with Crippen molar-refractivity contribution in [3.05, 3.63) is 50.5 Å². The van der Waals surface area contributed by atoms with Crippen LogP contribution in [0, 0.1) is 4.77 Å². The number of nitrogens with one attached hydrogen (secondary N) is 1. The van der Waals surface area contributed by atoms with Gasteiger partial charge in [0.1, 0.15) is 5.56 Å². The average Bonchev–Trinajstić information content (AvgIpc) is 2.94. The number of aromatic amines is 1. The minimum Gasteiger partial charge on any atom is -0.494 e. The lowest BCUT2D eigenvalue weighted by Crippen LogP contribution is -2.18. The van der Waals surface area contributed by atoms with E-state index in [0.29, 0.717) is 13.2 Å². The van der Waals surface area contributed by atoms with Gasteiger partial charge in [-0.3, -0.25) is 19.3 Å². The molecule has 7 heteroatoms. The van der Waals surface area contributed by atoms with Crippen molar-refractivity contribution >= 4 is 35.8 Å². The summed E-state index contributed by atoms with van der Waals surface area (Å²) in [6.45, 7) is 0.715. The van der Waals surface area contributed by atoms with Gasteiger partial charge in [-0.25, -0.2) is 0 Å². The fourth-order valence-corrected chi connectivity index (χ4v) is 2.68. The van der Waals surface area contributed by atoms with Gasteiger partial charge < -0.3 is 9.84 Å². The van der Waals surface area contributed by atoms with Gasteiger partial charge >= 0.3 is 0 Å². The Morgan fingerprint density at radius 2 is 2.22 bits per heavy atom. The zero-order valence-corrected chi connectivity index (χ0v) is 13.3. The Morgan fingerprint density at radius 3 is 3.00 bits per heavy atom. The molecule has 0 unspecified atom stereocenters. The number of aliphatic imine (C=N–C) groups is 1. The predicted octanol–water partition coefficient (Wildman–Crippen LogP) is 2.51. The molecule has 0 amide bonds. The first-order valence-corrected chi connectivity index (χ1v) is 7.43. The maximum Gasteiger partial charge on any atom is 0.262 e. The molecule has 23 heavy (non-hydrogen) atoms. The zero-order chi connectivity index (χ0) is 16.4. The maximum absolute atomic E-state index is 12.2. The number of benzene rings is 1. The van der Waals surface area contributed by atoms with Crippen LogP contribution in [-0.2, 0) is 11.3 Å². The van der Waals surface area contributed by atoms with Crippen LogP contribution >= 0.6 is 12.2 Å². The van der Waals surface area contributed by atoms with Crippen LogP contribution in [0.3, 0.4) is 0 Å². The highest BCUT2D eigenvalue weighted by Crippen LogP contribution is 2.32. The van der Waals surface area contributed by atoms with Gasteiger partial charge in [-0.1, -0.05) is 18.2 Å². The van der Waals surface area contributed by atoms with Crippen molar-refractivity contribution in [2.45, 2.75) is 6.54 Å². The Morgan fingerprint density at radius 1 is 1.43 bits per heavy atom. The van der Waals surface area contributed by atoms with E-state index >= 15 is 0 Å². The first-order chi connectivity index (χ1) is 11.1. The summed E-state index contributed by atoms with van der Waals surface area (Å²) >= 11 is 5.09. The minimum atomic E-state index is -0.438. The van der Waals surface area contributed by atoms with Crippen molar-refractivity contribution in [3.63, 3.8) is 0 Å². The first-order valence-electron chi connectivity index (χ1n) is 7.02. The van der Waals surface area contributed by atoms with Gasteiger partial charge in [0.05, 0.1) is 18.8 Å². The minimum absolute atomic E-state index is 0.146. The number of rotatable bonds is 4. The molecule has 2 N–H and O–H groups in total. The summed E-state index contributed by atoms with van der Waals surface area (Å²) < 4.78 is 6.59. The number of hydrogen-bond acceptors (Lipinski definition) is 5. The summed E-state index contributed by atoms with van der Waals surface area (Å²) in [6.07, 6.45) is 3.28. The molecule has 0 bridgehead atoms. The van der Waals surface area contributed by atoms with Crippen LogP contribution in [0.5, 0.6) is 5.88 Å². The van der Waals surface area contributed by atoms with Gasteiger partial charge in [-0.05, 0) is 24.4 Å². The van der Waals surface area contributed by atoms with E-state index in [1.165, 1.54) is 4.57 Å². The number of methoxy groups -OCH3 is 1. The van der Waals surface area contributed by atoms with E-state index in [1.54, 1.807) is 19.4 Å². The smallest absolute Gasteiger partial charge is 0.262 e. The second-order valence-electron chi connectivity index (χ2n) is 5.02. The zero-order valence-electron chi connectivity index (χ0n) is 12.4. The summed E-state index contributed by atoms with van der Waals surface area (Å²) in [5.74, 6) is -0.180. The summed E-state index contributed by atoms with van der Waals surface area (Å²) in [5, 5.41) is 10.4. The third-order valence-electron chi connectivity index (χ3n) is 3.58. The topological polar surface area (TPSA) is 79.6 Å². The Hall–Kier alpha value is -2.51. The van der Waals surface area contributed by atoms with Gasteiger partial charge in [-0.2, -0.15) is 0 Å². The largest absolute Gasteiger partial charge is 0.494 e. The van der Waals surface area contributed by atoms with Gasteiger partial charge in [-0.15, -0.1) is 0 Å². The van der Waals surface area contributed by atoms with Gasteiger partial charge in [0.25, 0.3) is 5.56 Å². The van der Waals surface area contributed by atoms with Crippen molar-refractivity contribution in [3.8, 4) is 5.88 Å². The molecule has 0 saturated carbocycles. The summed E-state index contributed by atoms with van der Waals surface area (Å²) in [5.41, 5.74) is 2.22. The molecule has 0 aliphatic carbocycles. The standard InChI is InChI=1S/C16H15N3O3S/c1-22-7-6-19-15(21)12(14(20)18-16(19)23)8-10-9-17-13-5-3-2-4-11(10)13/h2-5,8-9,21H,6-7H2,1H3,(H,18,20,23)/b10-8+. The lowest BCUT2D eigenvalue weighted by Gasteiger charge is -2.11. The van der Waals surface area contributed by atoms with Crippen LogP contribution in [0.25, 0.3) is 11.6 Å². The molecule has 0 saturated heterocycles. The number of allylic oxidation sites excluding steroid dienone is 1. The number of aromatic nitrogens is 2. The van der Waals surface area contributed by atoms with Crippen molar-refractivity contribution in [1.29, 1.82) is 0 Å².